The number of phenolic OH excluding ortho intramolecular Hbond substituents is 1. The van der Waals surface area contributed by atoms with Gasteiger partial charge in [0.1, 0.15) is 23.2 Å². The Hall–Kier alpha value is -2.06. The van der Waals surface area contributed by atoms with Gasteiger partial charge in [0.25, 0.3) is 5.91 Å². The smallest absolute Gasteiger partial charge is 0.256 e. The van der Waals surface area contributed by atoms with Gasteiger partial charge in [-0.25, -0.2) is 0 Å². The second-order valence-corrected chi connectivity index (χ2v) is 10.5. The first kappa shape index (κ1) is 26.5. The number of aromatic hydroxyl groups is 1. The van der Waals surface area contributed by atoms with Gasteiger partial charge in [0.2, 0.25) is 5.78 Å². The molecule has 0 bridgehead atoms. The largest absolute Gasteiger partial charge is 1.00 e. The van der Waals surface area contributed by atoms with Crippen molar-refractivity contribution in [3.05, 3.63) is 40.7 Å². The molecule has 1 aromatic carbocycles. The van der Waals surface area contributed by atoms with E-state index in [-0.39, 0.29) is 46.0 Å². The molecule has 1 amide bonds. The maximum Gasteiger partial charge on any atom is 0.256 e. The quantitative estimate of drug-likeness (QED) is 0.115. The summed E-state index contributed by atoms with van der Waals surface area (Å²) < 4.78 is -0.0760. The minimum Gasteiger partial charge on any atom is -1.00 e. The number of aliphatic hydroxyl groups is 4. The zero-order valence-corrected chi connectivity index (χ0v) is 21.3. The van der Waals surface area contributed by atoms with Gasteiger partial charge in [0.05, 0.1) is 44.1 Å². The number of benzene rings is 1. The number of carbonyl (C=O) groups excluding carboxylic acids is 3. The van der Waals surface area contributed by atoms with Crippen LogP contribution in [0.5, 0.6) is 5.75 Å². The van der Waals surface area contributed by atoms with Crippen LogP contribution >= 0.6 is 0 Å². The van der Waals surface area contributed by atoms with Crippen molar-refractivity contribution in [3.8, 4) is 5.75 Å². The van der Waals surface area contributed by atoms with Gasteiger partial charge in [-0.15, -0.1) is 0 Å². The highest BCUT2D eigenvalue weighted by molar-refractivity contribution is 6.21. The molecule has 11 heteroatoms. The number of nitrogens with zero attached hydrogens (tertiary/aromatic N) is 1. The lowest BCUT2D eigenvalue weighted by molar-refractivity contribution is -0.891. The van der Waals surface area contributed by atoms with Gasteiger partial charge in [-0.05, 0) is 25.0 Å². The molecule has 0 radical (unpaired) electrons. The van der Waals surface area contributed by atoms with Crippen LogP contribution in [0.25, 0.3) is 0 Å². The Morgan fingerprint density at radius 2 is 1.68 bits per heavy atom. The SMILES string of the molecule is C[C@@]1(O)c2cccc(O)c2C(=O)C2C(O)[C@]3(O)C(O)=C(C(N)=O)C(=O)[C@@H]([N+](C)(C)C)C3CC21.[I-]. The summed E-state index contributed by atoms with van der Waals surface area (Å²) in [5.74, 6) is -7.76. The summed E-state index contributed by atoms with van der Waals surface area (Å²) in [7, 11) is 4.96. The van der Waals surface area contributed by atoms with Crippen molar-refractivity contribution >= 4 is 17.5 Å². The van der Waals surface area contributed by atoms with Crippen LogP contribution in [-0.4, -0.2) is 86.4 Å². The van der Waals surface area contributed by atoms with E-state index in [2.05, 4.69) is 0 Å². The second kappa shape index (κ2) is 7.98. The topological polar surface area (TPSA) is 178 Å². The lowest BCUT2D eigenvalue weighted by Crippen LogP contribution is -3.00. The number of Topliss-reactive ketones (excluding diaryl/α,β-unsaturated/α-hetero) is 2. The standard InChI is InChI=1S/C23H28N2O8.HI/c1-22(32)9-6-5-7-12(26)13(9)17(27)14-10(22)8-11-16(25(2,3)4)18(28)15(21(24)31)20(30)23(11,33)19(14)29;/h5-7,10-11,14,16,19,29,32-33H,8H2,1-4H3,(H3-,24,26,27,28,30,31);1H/t10?,11?,14?,16-,19?,22+,23-;/m0./s1. The maximum atomic E-state index is 13.4. The zero-order chi connectivity index (χ0) is 24.8. The molecule has 0 spiro atoms. The third-order valence-corrected chi connectivity index (χ3v) is 7.75. The van der Waals surface area contributed by atoms with E-state index in [1.807, 2.05) is 0 Å². The van der Waals surface area contributed by atoms with Crippen LogP contribution in [0.2, 0.25) is 0 Å². The molecule has 34 heavy (non-hydrogen) atoms. The number of fused-ring (bicyclic) bond motifs is 3. The number of hydrogen-bond acceptors (Lipinski definition) is 8. The molecule has 0 heterocycles. The Morgan fingerprint density at radius 3 is 2.21 bits per heavy atom. The van der Waals surface area contributed by atoms with Crippen LogP contribution in [-0.2, 0) is 15.2 Å². The monoisotopic (exact) mass is 588 g/mol. The van der Waals surface area contributed by atoms with Crippen LogP contribution in [0.3, 0.4) is 0 Å². The van der Waals surface area contributed by atoms with Crippen LogP contribution in [0, 0.1) is 17.8 Å². The number of likely N-dealkylation sites (N-methyl/N-ethyl adjacent to an activating group) is 1. The lowest BCUT2D eigenvalue weighted by atomic mass is 9.50. The van der Waals surface area contributed by atoms with E-state index in [1.165, 1.54) is 25.1 Å². The minimum absolute atomic E-state index is 0. The van der Waals surface area contributed by atoms with Gasteiger partial charge in [0, 0.05) is 5.92 Å². The number of carbonyl (C=O) groups is 3. The predicted octanol–water partition coefficient (Wildman–Crippen LogP) is -3.90. The highest BCUT2D eigenvalue weighted by Gasteiger charge is 2.70. The molecular weight excluding hydrogens is 559 g/mol. The van der Waals surface area contributed by atoms with Gasteiger partial charge < -0.3 is 59.7 Å². The van der Waals surface area contributed by atoms with Gasteiger partial charge in [-0.1, -0.05) is 12.1 Å². The molecule has 4 rings (SSSR count). The number of primary amides is 1. The number of aliphatic hydroxyl groups excluding tert-OH is 2. The first-order valence-electron chi connectivity index (χ1n) is 10.7. The summed E-state index contributed by atoms with van der Waals surface area (Å²) in [5.41, 5.74) is 0.259. The normalized spacial score (nSPS) is 37.3. The van der Waals surface area contributed by atoms with E-state index >= 15 is 0 Å². The van der Waals surface area contributed by atoms with E-state index in [0.29, 0.717) is 0 Å². The fourth-order valence-corrected chi connectivity index (χ4v) is 6.27. The Bertz CT molecular complexity index is 1120. The molecule has 186 valence electrons. The molecule has 3 aliphatic carbocycles. The van der Waals surface area contributed by atoms with Crippen molar-refractivity contribution in [1.29, 1.82) is 0 Å². The third kappa shape index (κ3) is 3.24. The minimum atomic E-state index is -2.55. The van der Waals surface area contributed by atoms with Gasteiger partial charge in [-0.2, -0.15) is 0 Å². The molecule has 10 nitrogen and oxygen atoms in total. The highest BCUT2D eigenvalue weighted by atomic mass is 127. The molecule has 0 aliphatic heterocycles. The number of quaternary nitrogens is 1. The average Bonchev–Trinajstić information content (AvgIpc) is 2.67. The number of amides is 1. The Morgan fingerprint density at radius 1 is 1.09 bits per heavy atom. The summed E-state index contributed by atoms with van der Waals surface area (Å²) >= 11 is 0. The van der Waals surface area contributed by atoms with Crippen LogP contribution in [0.1, 0.15) is 29.3 Å². The van der Waals surface area contributed by atoms with Crippen molar-refractivity contribution in [1.82, 2.24) is 0 Å². The first-order valence-corrected chi connectivity index (χ1v) is 10.7. The van der Waals surface area contributed by atoms with Gasteiger partial charge in [-0.3, -0.25) is 14.4 Å². The number of ketones is 2. The molecule has 3 aliphatic rings. The second-order valence-electron chi connectivity index (χ2n) is 10.5. The Labute approximate surface area is 213 Å². The van der Waals surface area contributed by atoms with E-state index in [1.54, 1.807) is 21.1 Å². The summed E-state index contributed by atoms with van der Waals surface area (Å²) in [4.78, 5) is 38.8. The Kier molecular flexibility index (Phi) is 6.23. The van der Waals surface area contributed by atoms with Crippen molar-refractivity contribution < 1.29 is 68.4 Å². The highest BCUT2D eigenvalue weighted by Crippen LogP contribution is 2.58. The van der Waals surface area contributed by atoms with E-state index < -0.39 is 75.7 Å². The van der Waals surface area contributed by atoms with Crippen molar-refractivity contribution in [2.45, 2.75) is 36.7 Å². The number of rotatable bonds is 2. The molecule has 1 aromatic rings. The number of halogens is 1. The van der Waals surface area contributed by atoms with Crippen LogP contribution in [0.4, 0.5) is 0 Å². The summed E-state index contributed by atoms with van der Waals surface area (Å²) in [6.45, 7) is 1.45. The van der Waals surface area contributed by atoms with Crippen LogP contribution in [0.15, 0.2) is 29.5 Å². The fraction of sp³-hybridized carbons (Fsp3) is 0.522. The molecule has 7 N–H and O–H groups in total. The summed E-state index contributed by atoms with van der Waals surface area (Å²) in [5, 5.41) is 55.9. The van der Waals surface area contributed by atoms with E-state index in [9.17, 15) is 39.9 Å². The molecule has 1 saturated carbocycles. The number of nitrogens with two attached hydrogens (primary N) is 1. The Balaban J connectivity index is 0.00000324. The van der Waals surface area contributed by atoms with Gasteiger partial charge in [0.15, 0.2) is 17.4 Å². The third-order valence-electron chi connectivity index (χ3n) is 7.75. The van der Waals surface area contributed by atoms with Crippen molar-refractivity contribution in [2.75, 3.05) is 21.1 Å². The molecule has 0 aromatic heterocycles. The maximum absolute atomic E-state index is 13.4. The molecule has 0 saturated heterocycles. The average molecular weight is 588 g/mol. The van der Waals surface area contributed by atoms with Crippen molar-refractivity contribution in [2.24, 2.45) is 23.5 Å². The first-order chi connectivity index (χ1) is 15.1. The molecule has 7 atom stereocenters. The van der Waals surface area contributed by atoms with Gasteiger partial charge >= 0.3 is 0 Å². The zero-order valence-electron chi connectivity index (χ0n) is 19.2. The van der Waals surface area contributed by atoms with Crippen molar-refractivity contribution in [3.63, 3.8) is 0 Å². The van der Waals surface area contributed by atoms with E-state index in [4.69, 9.17) is 5.73 Å². The molecular formula is C23H29IN2O8. The molecule has 4 unspecified atom stereocenters. The fourth-order valence-electron chi connectivity index (χ4n) is 6.27. The van der Waals surface area contributed by atoms with E-state index in [0.717, 1.165) is 0 Å². The lowest BCUT2D eigenvalue weighted by Gasteiger charge is -2.58. The predicted molar refractivity (Wildman–Crippen MR) is 114 cm³/mol. The molecule has 1 fully saturated rings. The number of phenols is 1. The number of hydrogen-bond donors (Lipinski definition) is 6. The summed E-state index contributed by atoms with van der Waals surface area (Å²) in [6.07, 6.45) is -2.13. The summed E-state index contributed by atoms with van der Waals surface area (Å²) in [6, 6.07) is 3.15. The van der Waals surface area contributed by atoms with Crippen LogP contribution < -0.4 is 29.7 Å².